The summed E-state index contributed by atoms with van der Waals surface area (Å²) in [6.07, 6.45) is 1.64. The molecule has 0 aliphatic heterocycles. The average molecular weight is 280 g/mol. The van der Waals surface area contributed by atoms with Crippen molar-refractivity contribution in [1.29, 1.82) is 0 Å². The highest BCUT2D eigenvalue weighted by atomic mass is 16.5. The van der Waals surface area contributed by atoms with E-state index in [1.807, 2.05) is 56.3 Å². The first-order chi connectivity index (χ1) is 10.1. The number of benzene rings is 2. The molecule has 0 atom stereocenters. The Labute approximate surface area is 122 Å². The summed E-state index contributed by atoms with van der Waals surface area (Å²) >= 11 is 0. The van der Waals surface area contributed by atoms with Crippen molar-refractivity contribution in [3.63, 3.8) is 0 Å². The summed E-state index contributed by atoms with van der Waals surface area (Å²) < 4.78 is 7.21. The third kappa shape index (κ3) is 2.65. The summed E-state index contributed by atoms with van der Waals surface area (Å²) in [7, 11) is 0. The zero-order valence-electron chi connectivity index (χ0n) is 12.0. The molecule has 3 aromatic rings. The predicted octanol–water partition coefficient (Wildman–Crippen LogP) is 3.17. The summed E-state index contributed by atoms with van der Waals surface area (Å²) in [6, 6.07) is 14.8. The van der Waals surface area contributed by atoms with Crippen molar-refractivity contribution in [3.8, 4) is 11.4 Å². The SMILES string of the molecule is CC(C)Oc1cccc(-n2cnc3ccccc3c2=O)c1. The highest BCUT2D eigenvalue weighted by Gasteiger charge is 2.06. The molecule has 0 saturated carbocycles. The van der Waals surface area contributed by atoms with E-state index in [4.69, 9.17) is 4.74 Å². The molecule has 0 amide bonds. The Bertz CT molecular complexity index is 837. The fourth-order valence-corrected chi connectivity index (χ4v) is 2.23. The normalized spacial score (nSPS) is 11.0. The van der Waals surface area contributed by atoms with Crippen LogP contribution in [-0.4, -0.2) is 15.7 Å². The first-order valence-corrected chi connectivity index (χ1v) is 6.88. The molecular formula is C17H16N2O2. The maximum Gasteiger partial charge on any atom is 0.265 e. The molecule has 0 N–H and O–H groups in total. The van der Waals surface area contributed by atoms with Crippen LogP contribution < -0.4 is 10.3 Å². The Kier molecular flexibility index (Phi) is 3.44. The van der Waals surface area contributed by atoms with Gasteiger partial charge in [0.2, 0.25) is 0 Å². The van der Waals surface area contributed by atoms with Gasteiger partial charge in [0.1, 0.15) is 12.1 Å². The zero-order valence-corrected chi connectivity index (χ0v) is 12.0. The van der Waals surface area contributed by atoms with Crippen molar-refractivity contribution in [2.24, 2.45) is 0 Å². The van der Waals surface area contributed by atoms with Gasteiger partial charge < -0.3 is 4.74 Å². The van der Waals surface area contributed by atoms with Gasteiger partial charge in [-0.15, -0.1) is 0 Å². The van der Waals surface area contributed by atoms with Gasteiger partial charge in [0, 0.05) is 6.07 Å². The quantitative estimate of drug-likeness (QED) is 0.740. The lowest BCUT2D eigenvalue weighted by Crippen LogP contribution is -2.18. The lowest BCUT2D eigenvalue weighted by Gasteiger charge is -2.12. The second-order valence-electron chi connectivity index (χ2n) is 5.10. The molecule has 0 bridgehead atoms. The predicted molar refractivity (Wildman–Crippen MR) is 83.1 cm³/mol. The van der Waals surface area contributed by atoms with Crippen LogP contribution in [0.4, 0.5) is 0 Å². The molecule has 0 spiro atoms. The molecule has 0 aliphatic carbocycles. The first-order valence-electron chi connectivity index (χ1n) is 6.88. The third-order valence-corrected chi connectivity index (χ3v) is 3.13. The Hall–Kier alpha value is -2.62. The number of nitrogens with zero attached hydrogens (tertiary/aromatic N) is 2. The summed E-state index contributed by atoms with van der Waals surface area (Å²) in [5, 5.41) is 0.607. The first kappa shape index (κ1) is 13.4. The van der Waals surface area contributed by atoms with Crippen molar-refractivity contribution in [2.75, 3.05) is 0 Å². The standard InChI is InChI=1S/C17H16N2O2/c1-12(2)21-14-7-5-6-13(10-14)19-11-18-16-9-4-3-8-15(16)17(19)20/h3-12H,1-2H3. The molecule has 4 heteroatoms. The minimum absolute atomic E-state index is 0.0812. The van der Waals surface area contributed by atoms with Crippen molar-refractivity contribution < 1.29 is 4.74 Å². The zero-order chi connectivity index (χ0) is 14.8. The van der Waals surface area contributed by atoms with E-state index < -0.39 is 0 Å². The van der Waals surface area contributed by atoms with Crippen molar-refractivity contribution in [3.05, 3.63) is 65.2 Å². The molecule has 0 unspecified atom stereocenters. The lowest BCUT2D eigenvalue weighted by atomic mass is 10.2. The minimum Gasteiger partial charge on any atom is -0.491 e. The van der Waals surface area contributed by atoms with Crippen LogP contribution in [0.1, 0.15) is 13.8 Å². The average Bonchev–Trinajstić information content (AvgIpc) is 2.47. The number of ether oxygens (including phenoxy) is 1. The molecule has 0 aliphatic rings. The topological polar surface area (TPSA) is 44.1 Å². The molecule has 1 aromatic heterocycles. The fraction of sp³-hybridized carbons (Fsp3) is 0.176. The Morgan fingerprint density at radius 3 is 2.71 bits per heavy atom. The molecule has 0 fully saturated rings. The number of aromatic nitrogens is 2. The second-order valence-corrected chi connectivity index (χ2v) is 5.10. The summed E-state index contributed by atoms with van der Waals surface area (Å²) in [5.41, 5.74) is 1.37. The van der Waals surface area contributed by atoms with Crippen LogP contribution in [0.3, 0.4) is 0 Å². The van der Waals surface area contributed by atoms with Gasteiger partial charge in [0.15, 0.2) is 0 Å². The Balaban J connectivity index is 2.12. The molecule has 0 radical (unpaired) electrons. The maximum atomic E-state index is 12.5. The van der Waals surface area contributed by atoms with Crippen LogP contribution in [0, 0.1) is 0 Å². The Morgan fingerprint density at radius 1 is 1.10 bits per heavy atom. The van der Waals surface area contributed by atoms with Gasteiger partial charge in [-0.25, -0.2) is 4.98 Å². The van der Waals surface area contributed by atoms with Gasteiger partial charge >= 0.3 is 0 Å². The van der Waals surface area contributed by atoms with E-state index in [9.17, 15) is 4.79 Å². The summed E-state index contributed by atoms with van der Waals surface area (Å²) in [6.45, 7) is 3.94. The van der Waals surface area contributed by atoms with Crippen LogP contribution in [-0.2, 0) is 0 Å². The summed E-state index contributed by atoms with van der Waals surface area (Å²) in [5.74, 6) is 0.738. The number of hydrogen-bond donors (Lipinski definition) is 0. The molecular weight excluding hydrogens is 264 g/mol. The molecule has 3 rings (SSSR count). The molecule has 1 heterocycles. The van der Waals surface area contributed by atoms with Gasteiger partial charge in [-0.05, 0) is 38.1 Å². The molecule has 106 valence electrons. The van der Waals surface area contributed by atoms with E-state index in [2.05, 4.69) is 4.98 Å². The molecule has 0 saturated heterocycles. The largest absolute Gasteiger partial charge is 0.491 e. The van der Waals surface area contributed by atoms with E-state index in [1.54, 1.807) is 12.4 Å². The van der Waals surface area contributed by atoms with Crippen LogP contribution in [0.5, 0.6) is 5.75 Å². The molecule has 21 heavy (non-hydrogen) atoms. The highest BCUT2D eigenvalue weighted by Crippen LogP contribution is 2.17. The number of hydrogen-bond acceptors (Lipinski definition) is 3. The van der Waals surface area contributed by atoms with Crippen molar-refractivity contribution >= 4 is 10.9 Å². The van der Waals surface area contributed by atoms with E-state index in [-0.39, 0.29) is 11.7 Å². The Morgan fingerprint density at radius 2 is 1.90 bits per heavy atom. The van der Waals surface area contributed by atoms with E-state index in [0.717, 1.165) is 11.4 Å². The fourth-order valence-electron chi connectivity index (χ4n) is 2.23. The van der Waals surface area contributed by atoms with Gasteiger partial charge in [-0.1, -0.05) is 18.2 Å². The molecule has 2 aromatic carbocycles. The number of fused-ring (bicyclic) bond motifs is 1. The lowest BCUT2D eigenvalue weighted by molar-refractivity contribution is 0.242. The van der Waals surface area contributed by atoms with Crippen molar-refractivity contribution in [2.45, 2.75) is 20.0 Å². The second kappa shape index (κ2) is 5.40. The van der Waals surface area contributed by atoms with Gasteiger partial charge in [-0.2, -0.15) is 0 Å². The number of rotatable bonds is 3. The highest BCUT2D eigenvalue weighted by molar-refractivity contribution is 5.77. The monoisotopic (exact) mass is 280 g/mol. The molecule has 4 nitrogen and oxygen atoms in total. The maximum absolute atomic E-state index is 12.5. The third-order valence-electron chi connectivity index (χ3n) is 3.13. The van der Waals surface area contributed by atoms with Crippen molar-refractivity contribution in [1.82, 2.24) is 9.55 Å². The van der Waals surface area contributed by atoms with E-state index in [1.165, 1.54) is 4.57 Å². The van der Waals surface area contributed by atoms with Gasteiger partial charge in [0.05, 0.1) is 22.7 Å². The van der Waals surface area contributed by atoms with Gasteiger partial charge in [-0.3, -0.25) is 9.36 Å². The van der Waals surface area contributed by atoms with Crippen LogP contribution >= 0.6 is 0 Å². The van der Waals surface area contributed by atoms with E-state index >= 15 is 0 Å². The van der Waals surface area contributed by atoms with Crippen LogP contribution in [0.15, 0.2) is 59.7 Å². The van der Waals surface area contributed by atoms with Crippen LogP contribution in [0.2, 0.25) is 0 Å². The van der Waals surface area contributed by atoms with Gasteiger partial charge in [0.25, 0.3) is 5.56 Å². The summed E-state index contributed by atoms with van der Waals surface area (Å²) in [4.78, 5) is 16.9. The van der Waals surface area contributed by atoms with E-state index in [0.29, 0.717) is 10.9 Å². The smallest absolute Gasteiger partial charge is 0.265 e. The van der Waals surface area contributed by atoms with Crippen LogP contribution in [0.25, 0.3) is 16.6 Å². The minimum atomic E-state index is -0.0812. The number of para-hydroxylation sites is 1.